The van der Waals surface area contributed by atoms with Crippen molar-refractivity contribution in [3.8, 4) is 0 Å². The van der Waals surface area contributed by atoms with Crippen LogP contribution in [0, 0.1) is 5.92 Å². The van der Waals surface area contributed by atoms with Gasteiger partial charge in [-0.2, -0.15) is 0 Å². The lowest BCUT2D eigenvalue weighted by molar-refractivity contribution is -0.124. The molecule has 0 aromatic carbocycles. The van der Waals surface area contributed by atoms with Gasteiger partial charge in [0, 0.05) is 26.7 Å². The molecule has 0 aliphatic carbocycles. The highest BCUT2D eigenvalue weighted by Gasteiger charge is 2.25. The van der Waals surface area contributed by atoms with Crippen LogP contribution in [-0.4, -0.2) is 36.0 Å². The van der Waals surface area contributed by atoms with E-state index in [1.807, 2.05) is 0 Å². The van der Waals surface area contributed by atoms with Crippen LogP contribution in [0.25, 0.3) is 0 Å². The Kier molecular flexibility index (Phi) is 4.09. The van der Waals surface area contributed by atoms with Crippen molar-refractivity contribution >= 4 is 11.7 Å². The first-order chi connectivity index (χ1) is 8.74. The van der Waals surface area contributed by atoms with Crippen molar-refractivity contribution < 1.29 is 4.79 Å². The van der Waals surface area contributed by atoms with Crippen LogP contribution < -0.4 is 16.0 Å². The molecule has 3 N–H and O–H groups in total. The van der Waals surface area contributed by atoms with E-state index in [0.29, 0.717) is 13.1 Å². The van der Waals surface area contributed by atoms with Crippen LogP contribution in [0.3, 0.4) is 0 Å². The number of anilines is 1. The molecule has 1 aromatic heterocycles. The minimum atomic E-state index is 0.0414. The summed E-state index contributed by atoms with van der Waals surface area (Å²) < 4.78 is 0. The van der Waals surface area contributed by atoms with Crippen molar-refractivity contribution in [2.24, 2.45) is 11.7 Å². The second-order valence-electron chi connectivity index (χ2n) is 4.47. The number of aromatic nitrogens is 2. The summed E-state index contributed by atoms with van der Waals surface area (Å²) in [4.78, 5) is 22.3. The molecule has 1 amide bonds. The number of piperidine rings is 1. The van der Waals surface area contributed by atoms with Crippen molar-refractivity contribution in [1.82, 2.24) is 15.3 Å². The zero-order chi connectivity index (χ0) is 13.0. The number of carbonyl (C=O) groups is 1. The minimum Gasteiger partial charge on any atom is -0.359 e. The molecule has 1 fully saturated rings. The van der Waals surface area contributed by atoms with Gasteiger partial charge in [-0.15, -0.1) is 0 Å². The molecule has 0 bridgehead atoms. The first-order valence-electron chi connectivity index (χ1n) is 6.22. The van der Waals surface area contributed by atoms with Crippen molar-refractivity contribution in [3.05, 3.63) is 18.1 Å². The molecule has 1 aromatic rings. The molecule has 2 rings (SSSR count). The summed E-state index contributed by atoms with van der Waals surface area (Å²) >= 11 is 0. The summed E-state index contributed by atoms with van der Waals surface area (Å²) in [5.74, 6) is 0.965. The molecule has 1 aliphatic rings. The molecule has 6 heteroatoms. The van der Waals surface area contributed by atoms with E-state index >= 15 is 0 Å². The van der Waals surface area contributed by atoms with E-state index in [-0.39, 0.29) is 11.8 Å². The smallest absolute Gasteiger partial charge is 0.224 e. The highest BCUT2D eigenvalue weighted by molar-refractivity contribution is 5.79. The Hall–Kier alpha value is -1.69. The molecular weight excluding hydrogens is 230 g/mol. The number of hydrogen-bond acceptors (Lipinski definition) is 5. The lowest BCUT2D eigenvalue weighted by Gasteiger charge is -2.32. The summed E-state index contributed by atoms with van der Waals surface area (Å²) in [5, 5.41) is 2.71. The lowest BCUT2D eigenvalue weighted by atomic mass is 9.97. The average Bonchev–Trinajstić information content (AvgIpc) is 2.46. The van der Waals surface area contributed by atoms with Crippen LogP contribution in [0.2, 0.25) is 0 Å². The normalized spacial score (nSPS) is 19.7. The van der Waals surface area contributed by atoms with Gasteiger partial charge in [-0.3, -0.25) is 9.78 Å². The predicted octanol–water partition coefficient (Wildman–Crippen LogP) is -0.102. The quantitative estimate of drug-likeness (QED) is 0.781. The third-order valence-electron chi connectivity index (χ3n) is 3.26. The predicted molar refractivity (Wildman–Crippen MR) is 68.9 cm³/mol. The van der Waals surface area contributed by atoms with E-state index < -0.39 is 0 Å². The molecule has 0 spiro atoms. The van der Waals surface area contributed by atoms with E-state index in [4.69, 9.17) is 5.73 Å². The van der Waals surface area contributed by atoms with Crippen LogP contribution in [-0.2, 0) is 11.3 Å². The molecule has 18 heavy (non-hydrogen) atoms. The van der Waals surface area contributed by atoms with Gasteiger partial charge in [0.2, 0.25) is 5.91 Å². The lowest BCUT2D eigenvalue weighted by Crippen LogP contribution is -2.42. The number of amides is 1. The van der Waals surface area contributed by atoms with E-state index in [9.17, 15) is 4.79 Å². The molecule has 0 radical (unpaired) electrons. The molecular formula is C12H19N5O. The Morgan fingerprint density at radius 2 is 2.39 bits per heavy atom. The first kappa shape index (κ1) is 12.8. The molecule has 98 valence electrons. The van der Waals surface area contributed by atoms with Crippen LogP contribution >= 0.6 is 0 Å². The summed E-state index contributed by atoms with van der Waals surface area (Å²) in [6.45, 7) is 2.02. The Labute approximate surface area is 107 Å². The topological polar surface area (TPSA) is 84.1 Å². The Morgan fingerprint density at radius 3 is 3.00 bits per heavy atom. The van der Waals surface area contributed by atoms with Gasteiger partial charge in [-0.1, -0.05) is 0 Å². The van der Waals surface area contributed by atoms with Gasteiger partial charge in [0.15, 0.2) is 0 Å². The molecule has 1 saturated heterocycles. The summed E-state index contributed by atoms with van der Waals surface area (Å²) in [5.41, 5.74) is 6.27. The van der Waals surface area contributed by atoms with Gasteiger partial charge in [-0.05, 0) is 12.8 Å². The fourth-order valence-electron chi connectivity index (χ4n) is 2.22. The highest BCUT2D eigenvalue weighted by Crippen LogP contribution is 2.21. The van der Waals surface area contributed by atoms with E-state index in [1.165, 1.54) is 0 Å². The maximum absolute atomic E-state index is 11.7. The molecule has 2 heterocycles. The Bertz CT molecular complexity index is 405. The molecule has 1 unspecified atom stereocenters. The molecule has 1 aliphatic heterocycles. The summed E-state index contributed by atoms with van der Waals surface area (Å²) in [6.07, 6.45) is 5.36. The van der Waals surface area contributed by atoms with Gasteiger partial charge in [-0.25, -0.2) is 4.98 Å². The third-order valence-corrected chi connectivity index (χ3v) is 3.26. The van der Waals surface area contributed by atoms with Crippen molar-refractivity contribution in [1.29, 1.82) is 0 Å². The highest BCUT2D eigenvalue weighted by atomic mass is 16.1. The Balaban J connectivity index is 2.05. The zero-order valence-electron chi connectivity index (χ0n) is 10.6. The SMILES string of the molecule is CNC(=O)C1CCCN(c2cnc(CN)cn2)C1. The van der Waals surface area contributed by atoms with E-state index in [0.717, 1.165) is 30.9 Å². The van der Waals surface area contributed by atoms with Gasteiger partial charge in [0.05, 0.1) is 24.0 Å². The number of nitrogens with two attached hydrogens (primary N) is 1. The van der Waals surface area contributed by atoms with E-state index in [1.54, 1.807) is 19.4 Å². The number of hydrogen-bond donors (Lipinski definition) is 2. The summed E-state index contributed by atoms with van der Waals surface area (Å²) in [6, 6.07) is 0. The number of nitrogens with one attached hydrogen (secondary N) is 1. The monoisotopic (exact) mass is 249 g/mol. The van der Waals surface area contributed by atoms with Crippen molar-refractivity contribution in [3.63, 3.8) is 0 Å². The fraction of sp³-hybridized carbons (Fsp3) is 0.583. The zero-order valence-corrected chi connectivity index (χ0v) is 10.6. The Morgan fingerprint density at radius 1 is 1.56 bits per heavy atom. The summed E-state index contributed by atoms with van der Waals surface area (Å²) in [7, 11) is 1.68. The van der Waals surface area contributed by atoms with Crippen LogP contribution in [0.15, 0.2) is 12.4 Å². The van der Waals surface area contributed by atoms with Gasteiger partial charge >= 0.3 is 0 Å². The van der Waals surface area contributed by atoms with Crippen molar-refractivity contribution in [2.75, 3.05) is 25.0 Å². The molecule has 0 saturated carbocycles. The molecule has 6 nitrogen and oxygen atoms in total. The van der Waals surface area contributed by atoms with Crippen molar-refractivity contribution in [2.45, 2.75) is 19.4 Å². The maximum Gasteiger partial charge on any atom is 0.224 e. The van der Waals surface area contributed by atoms with Gasteiger partial charge in [0.1, 0.15) is 5.82 Å². The van der Waals surface area contributed by atoms with Crippen LogP contribution in [0.4, 0.5) is 5.82 Å². The number of rotatable bonds is 3. The number of nitrogens with zero attached hydrogens (tertiary/aromatic N) is 3. The number of carbonyl (C=O) groups excluding carboxylic acids is 1. The third kappa shape index (κ3) is 2.76. The maximum atomic E-state index is 11.7. The fourth-order valence-corrected chi connectivity index (χ4v) is 2.22. The second-order valence-corrected chi connectivity index (χ2v) is 4.47. The largest absolute Gasteiger partial charge is 0.359 e. The molecule has 1 atom stereocenters. The first-order valence-corrected chi connectivity index (χ1v) is 6.22. The van der Waals surface area contributed by atoms with Crippen LogP contribution in [0.1, 0.15) is 18.5 Å². The van der Waals surface area contributed by atoms with E-state index in [2.05, 4.69) is 20.2 Å². The average molecular weight is 249 g/mol. The minimum absolute atomic E-state index is 0.0414. The van der Waals surface area contributed by atoms with Gasteiger partial charge in [0.25, 0.3) is 0 Å². The van der Waals surface area contributed by atoms with Crippen LogP contribution in [0.5, 0.6) is 0 Å². The standard InChI is InChI=1S/C12H19N5O/c1-14-12(18)9-3-2-4-17(8-9)11-7-15-10(5-13)6-16-11/h6-7,9H,2-5,8,13H2,1H3,(H,14,18). The second kappa shape index (κ2) is 5.77. The van der Waals surface area contributed by atoms with Gasteiger partial charge < -0.3 is 16.0 Å².